The van der Waals surface area contributed by atoms with Crippen molar-refractivity contribution in [1.29, 1.82) is 0 Å². The fourth-order valence-electron chi connectivity index (χ4n) is 4.09. The highest BCUT2D eigenvalue weighted by molar-refractivity contribution is 4.86. The first-order valence-corrected chi connectivity index (χ1v) is 9.12. The van der Waals surface area contributed by atoms with Gasteiger partial charge in [0.25, 0.3) is 0 Å². The van der Waals surface area contributed by atoms with Crippen LogP contribution in [0.2, 0.25) is 0 Å². The molecule has 2 aliphatic rings. The lowest BCUT2D eigenvalue weighted by Gasteiger charge is -2.42. The predicted molar refractivity (Wildman–Crippen MR) is 88.1 cm³/mol. The zero-order chi connectivity index (χ0) is 14.4. The van der Waals surface area contributed by atoms with E-state index < -0.39 is 0 Å². The van der Waals surface area contributed by atoms with Crippen LogP contribution in [0.15, 0.2) is 0 Å². The Bertz CT molecular complexity index is 263. The largest absolute Gasteiger partial charge is 0.313 e. The highest BCUT2D eigenvalue weighted by Crippen LogP contribution is 2.34. The van der Waals surface area contributed by atoms with Gasteiger partial charge in [-0.15, -0.1) is 0 Å². The van der Waals surface area contributed by atoms with Gasteiger partial charge in [0.05, 0.1) is 0 Å². The molecule has 2 nitrogen and oxygen atoms in total. The fraction of sp³-hybridized carbons (Fsp3) is 1.00. The molecule has 1 aliphatic heterocycles. The van der Waals surface area contributed by atoms with Crippen molar-refractivity contribution in [3.05, 3.63) is 0 Å². The van der Waals surface area contributed by atoms with Gasteiger partial charge in [-0.2, -0.15) is 0 Å². The second kappa shape index (κ2) is 7.79. The van der Waals surface area contributed by atoms with Gasteiger partial charge < -0.3 is 10.2 Å². The quantitative estimate of drug-likeness (QED) is 0.789. The van der Waals surface area contributed by atoms with Crippen LogP contribution < -0.4 is 5.32 Å². The molecule has 2 rings (SSSR count). The highest BCUT2D eigenvalue weighted by Gasteiger charge is 2.31. The van der Waals surface area contributed by atoms with Gasteiger partial charge >= 0.3 is 0 Å². The molecule has 0 bridgehead atoms. The molecule has 2 heteroatoms. The molecule has 1 aliphatic carbocycles. The Balaban J connectivity index is 1.82. The van der Waals surface area contributed by atoms with E-state index in [0.717, 1.165) is 18.5 Å². The summed E-state index contributed by atoms with van der Waals surface area (Å²) in [5, 5.41) is 3.79. The SMILES string of the molecule is CCNC(CN1CCC(C)(CC)CC1)C1CCCCC1. The fourth-order valence-corrected chi connectivity index (χ4v) is 4.09. The van der Waals surface area contributed by atoms with E-state index in [1.165, 1.54) is 71.0 Å². The molecule has 20 heavy (non-hydrogen) atoms. The van der Waals surface area contributed by atoms with Crippen molar-refractivity contribution >= 4 is 0 Å². The van der Waals surface area contributed by atoms with Crippen LogP contribution in [0.5, 0.6) is 0 Å². The summed E-state index contributed by atoms with van der Waals surface area (Å²) in [4.78, 5) is 2.74. The summed E-state index contributed by atoms with van der Waals surface area (Å²) in [7, 11) is 0. The Morgan fingerprint density at radius 3 is 2.30 bits per heavy atom. The molecule has 118 valence electrons. The van der Waals surface area contributed by atoms with Gasteiger partial charge in [0.15, 0.2) is 0 Å². The summed E-state index contributed by atoms with van der Waals surface area (Å²) in [5.41, 5.74) is 0.620. The van der Waals surface area contributed by atoms with Gasteiger partial charge in [-0.3, -0.25) is 0 Å². The maximum Gasteiger partial charge on any atom is 0.0223 e. The molecule has 0 amide bonds. The summed E-state index contributed by atoms with van der Waals surface area (Å²) in [6.07, 6.45) is 11.4. The van der Waals surface area contributed by atoms with Gasteiger partial charge in [-0.1, -0.05) is 46.5 Å². The Morgan fingerprint density at radius 2 is 1.75 bits per heavy atom. The highest BCUT2D eigenvalue weighted by atomic mass is 15.2. The summed E-state index contributed by atoms with van der Waals surface area (Å²) < 4.78 is 0. The summed E-state index contributed by atoms with van der Waals surface area (Å²) in [6.45, 7) is 12.2. The standard InChI is InChI=1S/C18H36N2/c1-4-18(3)11-13-20(14-12-18)15-17(19-5-2)16-9-7-6-8-10-16/h16-17,19H,4-15H2,1-3H3. The van der Waals surface area contributed by atoms with E-state index in [9.17, 15) is 0 Å². The minimum atomic E-state index is 0.620. The molecule has 0 aromatic heterocycles. The van der Waals surface area contributed by atoms with Crippen LogP contribution >= 0.6 is 0 Å². The lowest BCUT2D eigenvalue weighted by atomic mass is 9.78. The Hall–Kier alpha value is -0.0800. The van der Waals surface area contributed by atoms with Gasteiger partial charge in [0, 0.05) is 12.6 Å². The van der Waals surface area contributed by atoms with Crippen molar-refractivity contribution in [2.45, 2.75) is 78.2 Å². The number of nitrogens with one attached hydrogen (secondary N) is 1. The second-order valence-electron chi connectivity index (χ2n) is 7.53. The first-order chi connectivity index (χ1) is 9.67. The minimum Gasteiger partial charge on any atom is -0.313 e. The summed E-state index contributed by atoms with van der Waals surface area (Å²) in [5.74, 6) is 0.934. The van der Waals surface area contributed by atoms with E-state index >= 15 is 0 Å². The Kier molecular flexibility index (Phi) is 6.35. The lowest BCUT2D eigenvalue weighted by molar-refractivity contribution is 0.0939. The average molecular weight is 280 g/mol. The maximum atomic E-state index is 3.79. The average Bonchev–Trinajstić information content (AvgIpc) is 2.50. The van der Waals surface area contributed by atoms with Gasteiger partial charge in [-0.25, -0.2) is 0 Å². The summed E-state index contributed by atoms with van der Waals surface area (Å²) in [6, 6.07) is 0.742. The van der Waals surface area contributed by atoms with Crippen molar-refractivity contribution in [2.75, 3.05) is 26.2 Å². The number of hydrogen-bond donors (Lipinski definition) is 1. The molecule has 0 aromatic carbocycles. The third kappa shape index (κ3) is 4.46. The molecule has 1 atom stereocenters. The molecular formula is C18H36N2. The van der Waals surface area contributed by atoms with E-state index in [2.05, 4.69) is 31.0 Å². The van der Waals surface area contributed by atoms with Crippen LogP contribution in [-0.4, -0.2) is 37.1 Å². The smallest absolute Gasteiger partial charge is 0.0223 e. The third-order valence-electron chi connectivity index (χ3n) is 6.06. The number of likely N-dealkylation sites (N-methyl/N-ethyl adjacent to an activating group) is 1. The monoisotopic (exact) mass is 280 g/mol. The molecule has 1 saturated heterocycles. The summed E-state index contributed by atoms with van der Waals surface area (Å²) >= 11 is 0. The topological polar surface area (TPSA) is 15.3 Å². The number of piperidine rings is 1. The number of nitrogens with zero attached hydrogens (tertiary/aromatic N) is 1. The molecule has 0 spiro atoms. The molecular weight excluding hydrogens is 244 g/mol. The lowest BCUT2D eigenvalue weighted by Crippen LogP contribution is -2.49. The zero-order valence-corrected chi connectivity index (χ0v) is 14.1. The van der Waals surface area contributed by atoms with Crippen LogP contribution in [0.3, 0.4) is 0 Å². The zero-order valence-electron chi connectivity index (χ0n) is 14.1. The third-order valence-corrected chi connectivity index (χ3v) is 6.06. The molecule has 1 unspecified atom stereocenters. The Labute approximate surface area is 126 Å². The molecule has 2 fully saturated rings. The molecule has 0 radical (unpaired) electrons. The molecule has 1 saturated carbocycles. The van der Waals surface area contributed by atoms with Crippen LogP contribution in [0.1, 0.15) is 72.1 Å². The maximum absolute atomic E-state index is 3.79. The second-order valence-corrected chi connectivity index (χ2v) is 7.53. The number of hydrogen-bond acceptors (Lipinski definition) is 2. The van der Waals surface area contributed by atoms with Gasteiger partial charge in [-0.05, 0) is 56.7 Å². The van der Waals surface area contributed by atoms with Gasteiger partial charge in [0.2, 0.25) is 0 Å². The number of rotatable bonds is 6. The van der Waals surface area contributed by atoms with Crippen molar-refractivity contribution in [2.24, 2.45) is 11.3 Å². The number of likely N-dealkylation sites (tertiary alicyclic amines) is 1. The van der Waals surface area contributed by atoms with Crippen molar-refractivity contribution in [3.63, 3.8) is 0 Å². The van der Waals surface area contributed by atoms with E-state index in [0.29, 0.717) is 5.41 Å². The van der Waals surface area contributed by atoms with Crippen molar-refractivity contribution in [3.8, 4) is 0 Å². The molecule has 0 aromatic rings. The van der Waals surface area contributed by atoms with Gasteiger partial charge in [0.1, 0.15) is 0 Å². The minimum absolute atomic E-state index is 0.620. The van der Waals surface area contributed by atoms with E-state index in [1.807, 2.05) is 0 Å². The van der Waals surface area contributed by atoms with Crippen LogP contribution in [0.4, 0.5) is 0 Å². The molecule has 1 heterocycles. The van der Waals surface area contributed by atoms with Crippen LogP contribution in [-0.2, 0) is 0 Å². The van der Waals surface area contributed by atoms with Crippen molar-refractivity contribution < 1.29 is 0 Å². The normalized spacial score (nSPS) is 26.6. The van der Waals surface area contributed by atoms with E-state index in [4.69, 9.17) is 0 Å². The van der Waals surface area contributed by atoms with Crippen molar-refractivity contribution in [1.82, 2.24) is 10.2 Å². The van der Waals surface area contributed by atoms with E-state index in [-0.39, 0.29) is 0 Å². The van der Waals surface area contributed by atoms with Crippen LogP contribution in [0, 0.1) is 11.3 Å². The van der Waals surface area contributed by atoms with E-state index in [1.54, 1.807) is 0 Å². The molecule has 1 N–H and O–H groups in total. The Morgan fingerprint density at radius 1 is 1.10 bits per heavy atom. The van der Waals surface area contributed by atoms with Crippen LogP contribution in [0.25, 0.3) is 0 Å². The predicted octanol–water partition coefficient (Wildman–Crippen LogP) is 4.06. The first-order valence-electron chi connectivity index (χ1n) is 9.12. The first kappa shape index (κ1) is 16.3.